The predicted molar refractivity (Wildman–Crippen MR) is 50.9 cm³/mol. The van der Waals surface area contributed by atoms with Gasteiger partial charge in [0.05, 0.1) is 0 Å². The molecule has 0 radical (unpaired) electrons. The SMILES string of the molecule is CC(CCc1ccncc1)C(N)=O. The second-order valence-electron chi connectivity index (χ2n) is 3.20. The summed E-state index contributed by atoms with van der Waals surface area (Å²) < 4.78 is 0. The van der Waals surface area contributed by atoms with Gasteiger partial charge in [-0.05, 0) is 30.5 Å². The quantitative estimate of drug-likeness (QED) is 0.751. The molecule has 1 aromatic rings. The maximum Gasteiger partial charge on any atom is 0.220 e. The van der Waals surface area contributed by atoms with Crippen molar-refractivity contribution in [1.82, 2.24) is 4.98 Å². The van der Waals surface area contributed by atoms with E-state index >= 15 is 0 Å². The van der Waals surface area contributed by atoms with E-state index in [1.807, 2.05) is 19.1 Å². The summed E-state index contributed by atoms with van der Waals surface area (Å²) in [4.78, 5) is 14.6. The number of primary amides is 1. The third-order valence-corrected chi connectivity index (χ3v) is 2.10. The van der Waals surface area contributed by atoms with Gasteiger partial charge in [-0.3, -0.25) is 9.78 Å². The minimum Gasteiger partial charge on any atom is -0.369 e. The van der Waals surface area contributed by atoms with E-state index in [9.17, 15) is 4.79 Å². The number of amides is 1. The van der Waals surface area contributed by atoms with Crippen LogP contribution in [0.5, 0.6) is 0 Å². The first-order valence-corrected chi connectivity index (χ1v) is 4.38. The van der Waals surface area contributed by atoms with Crippen molar-refractivity contribution in [2.75, 3.05) is 0 Å². The summed E-state index contributed by atoms with van der Waals surface area (Å²) in [6, 6.07) is 3.90. The van der Waals surface area contributed by atoms with Crippen molar-refractivity contribution in [2.45, 2.75) is 19.8 Å². The fourth-order valence-electron chi connectivity index (χ4n) is 1.07. The molecule has 1 heterocycles. The van der Waals surface area contributed by atoms with Crippen LogP contribution < -0.4 is 5.73 Å². The van der Waals surface area contributed by atoms with Crippen molar-refractivity contribution in [3.63, 3.8) is 0 Å². The molecular formula is C10H14N2O. The lowest BCUT2D eigenvalue weighted by molar-refractivity contribution is -0.121. The number of hydrogen-bond donors (Lipinski definition) is 1. The van der Waals surface area contributed by atoms with Gasteiger partial charge in [0.25, 0.3) is 0 Å². The second-order valence-corrected chi connectivity index (χ2v) is 3.20. The lowest BCUT2D eigenvalue weighted by Gasteiger charge is -2.05. The zero-order chi connectivity index (χ0) is 9.68. The van der Waals surface area contributed by atoms with Crippen LogP contribution in [0.15, 0.2) is 24.5 Å². The van der Waals surface area contributed by atoms with E-state index in [1.165, 1.54) is 5.56 Å². The topological polar surface area (TPSA) is 56.0 Å². The maximum absolute atomic E-state index is 10.7. The summed E-state index contributed by atoms with van der Waals surface area (Å²) in [7, 11) is 0. The average Bonchev–Trinajstić information content (AvgIpc) is 2.15. The number of carbonyl (C=O) groups is 1. The Balaban J connectivity index is 2.39. The third-order valence-electron chi connectivity index (χ3n) is 2.10. The molecule has 0 spiro atoms. The van der Waals surface area contributed by atoms with Crippen molar-refractivity contribution in [2.24, 2.45) is 11.7 Å². The highest BCUT2D eigenvalue weighted by atomic mass is 16.1. The van der Waals surface area contributed by atoms with E-state index in [-0.39, 0.29) is 11.8 Å². The zero-order valence-electron chi connectivity index (χ0n) is 7.73. The van der Waals surface area contributed by atoms with Gasteiger partial charge in [0.15, 0.2) is 0 Å². The summed E-state index contributed by atoms with van der Waals surface area (Å²) in [5.41, 5.74) is 6.35. The highest BCUT2D eigenvalue weighted by Gasteiger charge is 2.07. The normalized spacial score (nSPS) is 12.4. The highest BCUT2D eigenvalue weighted by Crippen LogP contribution is 2.07. The van der Waals surface area contributed by atoms with Crippen molar-refractivity contribution in [1.29, 1.82) is 0 Å². The van der Waals surface area contributed by atoms with Gasteiger partial charge in [0.1, 0.15) is 0 Å². The number of rotatable bonds is 4. The molecule has 13 heavy (non-hydrogen) atoms. The number of hydrogen-bond acceptors (Lipinski definition) is 2. The van der Waals surface area contributed by atoms with Gasteiger partial charge in [-0.2, -0.15) is 0 Å². The molecule has 0 aromatic carbocycles. The van der Waals surface area contributed by atoms with Crippen LogP contribution >= 0.6 is 0 Å². The molecule has 70 valence electrons. The van der Waals surface area contributed by atoms with E-state index in [0.29, 0.717) is 0 Å². The molecule has 0 aliphatic carbocycles. The molecule has 0 saturated carbocycles. The summed E-state index contributed by atoms with van der Waals surface area (Å²) in [6.45, 7) is 1.85. The first-order chi connectivity index (χ1) is 6.20. The van der Waals surface area contributed by atoms with E-state index in [4.69, 9.17) is 5.73 Å². The summed E-state index contributed by atoms with van der Waals surface area (Å²) in [6.07, 6.45) is 5.19. The molecule has 0 saturated heterocycles. The number of pyridine rings is 1. The van der Waals surface area contributed by atoms with Gasteiger partial charge in [0.2, 0.25) is 5.91 Å². The Morgan fingerprint density at radius 2 is 2.15 bits per heavy atom. The second kappa shape index (κ2) is 4.60. The van der Waals surface area contributed by atoms with Gasteiger partial charge in [-0.1, -0.05) is 6.92 Å². The number of aromatic nitrogens is 1. The fourth-order valence-corrected chi connectivity index (χ4v) is 1.07. The summed E-state index contributed by atoms with van der Waals surface area (Å²) in [5, 5.41) is 0. The molecule has 1 aromatic heterocycles. The largest absolute Gasteiger partial charge is 0.369 e. The predicted octanol–water partition coefficient (Wildman–Crippen LogP) is 1.14. The van der Waals surface area contributed by atoms with Crippen LogP contribution in [0.3, 0.4) is 0 Å². The van der Waals surface area contributed by atoms with Crippen LogP contribution in [0, 0.1) is 5.92 Å². The minimum atomic E-state index is -0.228. The van der Waals surface area contributed by atoms with Gasteiger partial charge in [-0.15, -0.1) is 0 Å². The fraction of sp³-hybridized carbons (Fsp3) is 0.400. The van der Waals surface area contributed by atoms with Crippen LogP contribution in [-0.4, -0.2) is 10.9 Å². The van der Waals surface area contributed by atoms with Crippen LogP contribution in [0.4, 0.5) is 0 Å². The van der Waals surface area contributed by atoms with Crippen molar-refractivity contribution in [3.8, 4) is 0 Å². The van der Waals surface area contributed by atoms with Crippen LogP contribution in [-0.2, 0) is 11.2 Å². The van der Waals surface area contributed by atoms with E-state index in [1.54, 1.807) is 12.4 Å². The van der Waals surface area contributed by atoms with Crippen molar-refractivity contribution >= 4 is 5.91 Å². The maximum atomic E-state index is 10.7. The lowest BCUT2D eigenvalue weighted by Crippen LogP contribution is -2.20. The number of aryl methyl sites for hydroxylation is 1. The standard InChI is InChI=1S/C10H14N2O/c1-8(10(11)13)2-3-9-4-6-12-7-5-9/h4-8H,2-3H2,1H3,(H2,11,13). The molecule has 1 rings (SSSR count). The Labute approximate surface area is 78.0 Å². The molecule has 0 aliphatic heterocycles. The Bertz CT molecular complexity index is 272. The molecule has 1 atom stereocenters. The molecule has 3 heteroatoms. The number of nitrogens with two attached hydrogens (primary N) is 1. The van der Waals surface area contributed by atoms with Crippen molar-refractivity contribution < 1.29 is 4.79 Å². The van der Waals surface area contributed by atoms with Crippen LogP contribution in [0.1, 0.15) is 18.9 Å². The molecule has 0 aliphatic rings. The molecule has 1 amide bonds. The van der Waals surface area contributed by atoms with Crippen molar-refractivity contribution in [3.05, 3.63) is 30.1 Å². The zero-order valence-corrected chi connectivity index (χ0v) is 7.73. The van der Waals surface area contributed by atoms with E-state index in [2.05, 4.69) is 4.98 Å². The van der Waals surface area contributed by atoms with Gasteiger partial charge < -0.3 is 5.73 Å². The monoisotopic (exact) mass is 178 g/mol. The third kappa shape index (κ3) is 3.23. The molecule has 0 fully saturated rings. The molecule has 2 N–H and O–H groups in total. The summed E-state index contributed by atoms with van der Waals surface area (Å²) >= 11 is 0. The highest BCUT2D eigenvalue weighted by molar-refractivity contribution is 5.76. The molecule has 3 nitrogen and oxygen atoms in total. The van der Waals surface area contributed by atoms with E-state index < -0.39 is 0 Å². The number of nitrogens with zero attached hydrogens (tertiary/aromatic N) is 1. The van der Waals surface area contributed by atoms with Crippen LogP contribution in [0.25, 0.3) is 0 Å². The Morgan fingerprint density at radius 1 is 1.54 bits per heavy atom. The smallest absolute Gasteiger partial charge is 0.220 e. The van der Waals surface area contributed by atoms with Gasteiger partial charge in [-0.25, -0.2) is 0 Å². The average molecular weight is 178 g/mol. The number of carbonyl (C=O) groups excluding carboxylic acids is 1. The Morgan fingerprint density at radius 3 is 2.69 bits per heavy atom. The lowest BCUT2D eigenvalue weighted by atomic mass is 10.0. The van der Waals surface area contributed by atoms with Gasteiger partial charge >= 0.3 is 0 Å². The van der Waals surface area contributed by atoms with Gasteiger partial charge in [0, 0.05) is 18.3 Å². The Hall–Kier alpha value is -1.38. The molecule has 1 unspecified atom stereocenters. The molecular weight excluding hydrogens is 164 g/mol. The molecule has 0 bridgehead atoms. The van der Waals surface area contributed by atoms with E-state index in [0.717, 1.165) is 12.8 Å². The first kappa shape index (κ1) is 9.71. The summed E-state index contributed by atoms with van der Waals surface area (Å²) in [5.74, 6) is -0.276. The van der Waals surface area contributed by atoms with Crippen LogP contribution in [0.2, 0.25) is 0 Å². The Kier molecular flexibility index (Phi) is 3.43. The minimum absolute atomic E-state index is 0.0480. The first-order valence-electron chi connectivity index (χ1n) is 4.38.